The molecule has 0 bridgehead atoms. The smallest absolute Gasteiger partial charge is 0.191 e. The molecule has 25 heavy (non-hydrogen) atoms. The standard InChI is InChI=1S/C18H34N4O2.HI/c1-5-15(6-2)17-13-16(24-22-17)14-21-18(19-7-3)20-11-9-10-12-23-8-4;/h13,15H,5-12,14H2,1-4H3,(H2,19,20,21);1H. The molecule has 0 atom stereocenters. The molecule has 2 N–H and O–H groups in total. The van der Waals surface area contributed by atoms with Gasteiger partial charge in [0.25, 0.3) is 0 Å². The number of hydrogen-bond donors (Lipinski definition) is 2. The van der Waals surface area contributed by atoms with Crippen molar-refractivity contribution in [2.45, 2.75) is 65.8 Å². The molecule has 0 spiro atoms. The lowest BCUT2D eigenvalue weighted by atomic mass is 9.99. The van der Waals surface area contributed by atoms with Crippen molar-refractivity contribution in [3.05, 3.63) is 17.5 Å². The van der Waals surface area contributed by atoms with Crippen LogP contribution in [0.4, 0.5) is 0 Å². The number of hydrogen-bond acceptors (Lipinski definition) is 4. The van der Waals surface area contributed by atoms with Crippen LogP contribution in [0.25, 0.3) is 0 Å². The predicted molar refractivity (Wildman–Crippen MR) is 114 cm³/mol. The van der Waals surface area contributed by atoms with E-state index in [0.717, 1.165) is 69.4 Å². The molecule has 0 unspecified atom stereocenters. The number of halogens is 1. The summed E-state index contributed by atoms with van der Waals surface area (Å²) in [6.07, 6.45) is 4.28. The molecular weight excluding hydrogens is 431 g/mol. The molecule has 0 saturated heterocycles. The third kappa shape index (κ3) is 10.0. The normalized spacial score (nSPS) is 11.5. The van der Waals surface area contributed by atoms with Crippen LogP contribution >= 0.6 is 24.0 Å². The second kappa shape index (κ2) is 15.4. The van der Waals surface area contributed by atoms with Crippen LogP contribution in [0.2, 0.25) is 0 Å². The summed E-state index contributed by atoms with van der Waals surface area (Å²) in [5.41, 5.74) is 1.04. The molecule has 0 radical (unpaired) electrons. The van der Waals surface area contributed by atoms with Gasteiger partial charge < -0.3 is 19.9 Å². The van der Waals surface area contributed by atoms with Crippen LogP contribution in [-0.4, -0.2) is 37.4 Å². The van der Waals surface area contributed by atoms with E-state index in [0.29, 0.717) is 12.5 Å². The summed E-state index contributed by atoms with van der Waals surface area (Å²) in [6, 6.07) is 2.03. The molecule has 1 rings (SSSR count). The summed E-state index contributed by atoms with van der Waals surface area (Å²) >= 11 is 0. The molecule has 7 heteroatoms. The van der Waals surface area contributed by atoms with Crippen molar-refractivity contribution >= 4 is 29.9 Å². The fourth-order valence-electron chi connectivity index (χ4n) is 2.48. The van der Waals surface area contributed by atoms with Crippen molar-refractivity contribution in [2.75, 3.05) is 26.3 Å². The molecule has 1 aromatic heterocycles. The summed E-state index contributed by atoms with van der Waals surface area (Å²) < 4.78 is 10.8. The van der Waals surface area contributed by atoms with Gasteiger partial charge in [0, 0.05) is 38.3 Å². The van der Waals surface area contributed by atoms with Gasteiger partial charge in [0.2, 0.25) is 0 Å². The van der Waals surface area contributed by atoms with Crippen LogP contribution in [0.1, 0.15) is 70.8 Å². The molecule has 0 aliphatic heterocycles. The van der Waals surface area contributed by atoms with E-state index in [9.17, 15) is 0 Å². The SMILES string of the molecule is CCNC(=NCc1cc(C(CC)CC)no1)NCCCCOCC.I. The number of nitrogens with one attached hydrogen (secondary N) is 2. The summed E-state index contributed by atoms with van der Waals surface area (Å²) in [6.45, 7) is 12.3. The number of ether oxygens (including phenoxy) is 1. The zero-order chi connectivity index (χ0) is 17.6. The molecule has 0 aromatic carbocycles. The molecule has 1 aromatic rings. The average Bonchev–Trinajstić information content (AvgIpc) is 3.05. The molecule has 0 saturated carbocycles. The lowest BCUT2D eigenvalue weighted by molar-refractivity contribution is 0.143. The Morgan fingerprint density at radius 1 is 1.20 bits per heavy atom. The van der Waals surface area contributed by atoms with Crippen molar-refractivity contribution in [3.63, 3.8) is 0 Å². The van der Waals surface area contributed by atoms with Gasteiger partial charge in [-0.2, -0.15) is 0 Å². The third-order valence-corrected chi connectivity index (χ3v) is 3.93. The zero-order valence-corrected chi connectivity index (χ0v) is 18.5. The first-order valence-corrected chi connectivity index (χ1v) is 9.30. The first-order valence-electron chi connectivity index (χ1n) is 9.30. The van der Waals surface area contributed by atoms with Gasteiger partial charge in [-0.25, -0.2) is 4.99 Å². The summed E-state index contributed by atoms with van der Waals surface area (Å²) in [4.78, 5) is 4.57. The van der Waals surface area contributed by atoms with Crippen molar-refractivity contribution < 1.29 is 9.26 Å². The van der Waals surface area contributed by atoms with Crippen LogP contribution < -0.4 is 10.6 Å². The highest BCUT2D eigenvalue weighted by Gasteiger charge is 2.12. The Bertz CT molecular complexity index is 462. The maximum absolute atomic E-state index is 5.42. The Balaban J connectivity index is 0.00000576. The first-order chi connectivity index (χ1) is 11.7. The Morgan fingerprint density at radius 3 is 2.60 bits per heavy atom. The van der Waals surface area contributed by atoms with Gasteiger partial charge in [-0.1, -0.05) is 19.0 Å². The number of nitrogens with zero attached hydrogens (tertiary/aromatic N) is 2. The number of unbranched alkanes of at least 4 members (excludes halogenated alkanes) is 1. The minimum absolute atomic E-state index is 0. The van der Waals surface area contributed by atoms with E-state index in [1.807, 2.05) is 13.0 Å². The minimum Gasteiger partial charge on any atom is -0.382 e. The highest BCUT2D eigenvalue weighted by atomic mass is 127. The van der Waals surface area contributed by atoms with E-state index in [1.165, 1.54) is 0 Å². The maximum Gasteiger partial charge on any atom is 0.191 e. The minimum atomic E-state index is 0. The Morgan fingerprint density at radius 2 is 1.96 bits per heavy atom. The van der Waals surface area contributed by atoms with Gasteiger partial charge in [-0.15, -0.1) is 24.0 Å². The average molecular weight is 466 g/mol. The lowest BCUT2D eigenvalue weighted by Gasteiger charge is -2.10. The second-order valence-corrected chi connectivity index (χ2v) is 5.76. The van der Waals surface area contributed by atoms with Crippen molar-refractivity contribution in [1.82, 2.24) is 15.8 Å². The van der Waals surface area contributed by atoms with E-state index in [1.54, 1.807) is 0 Å². The quantitative estimate of drug-likeness (QED) is 0.210. The third-order valence-electron chi connectivity index (χ3n) is 3.93. The van der Waals surface area contributed by atoms with E-state index in [2.05, 4.69) is 41.6 Å². The Labute approximate surface area is 169 Å². The largest absolute Gasteiger partial charge is 0.382 e. The number of aromatic nitrogens is 1. The first kappa shape index (κ1) is 24.2. The Kier molecular flexibility index (Phi) is 14.9. The topological polar surface area (TPSA) is 71.7 Å². The fraction of sp³-hybridized carbons (Fsp3) is 0.778. The molecule has 0 aliphatic rings. The van der Waals surface area contributed by atoms with Crippen LogP contribution in [-0.2, 0) is 11.3 Å². The zero-order valence-electron chi connectivity index (χ0n) is 16.1. The van der Waals surface area contributed by atoms with Crippen LogP contribution in [0.5, 0.6) is 0 Å². The van der Waals surface area contributed by atoms with E-state index >= 15 is 0 Å². The van der Waals surface area contributed by atoms with E-state index in [4.69, 9.17) is 9.26 Å². The summed E-state index contributed by atoms with van der Waals surface area (Å²) in [5.74, 6) is 2.10. The van der Waals surface area contributed by atoms with Gasteiger partial charge in [0.15, 0.2) is 11.7 Å². The highest BCUT2D eigenvalue weighted by Crippen LogP contribution is 2.22. The number of guanidine groups is 1. The lowest BCUT2D eigenvalue weighted by Crippen LogP contribution is -2.37. The van der Waals surface area contributed by atoms with Gasteiger partial charge in [0.1, 0.15) is 6.54 Å². The molecule has 0 amide bonds. The van der Waals surface area contributed by atoms with Gasteiger partial charge in [0.05, 0.1) is 5.69 Å². The second-order valence-electron chi connectivity index (χ2n) is 5.76. The summed E-state index contributed by atoms with van der Waals surface area (Å²) in [7, 11) is 0. The predicted octanol–water partition coefficient (Wildman–Crippen LogP) is 4.07. The van der Waals surface area contributed by atoms with Crippen molar-refractivity contribution in [2.24, 2.45) is 4.99 Å². The molecule has 0 fully saturated rings. The molecule has 1 heterocycles. The summed E-state index contributed by atoms with van der Waals surface area (Å²) in [5, 5.41) is 10.8. The van der Waals surface area contributed by atoms with Crippen LogP contribution in [0, 0.1) is 0 Å². The van der Waals surface area contributed by atoms with Gasteiger partial charge >= 0.3 is 0 Å². The monoisotopic (exact) mass is 466 g/mol. The molecule has 146 valence electrons. The fourth-order valence-corrected chi connectivity index (χ4v) is 2.48. The molecule has 6 nitrogen and oxygen atoms in total. The van der Waals surface area contributed by atoms with Crippen molar-refractivity contribution in [3.8, 4) is 0 Å². The number of aliphatic imine (C=N–C) groups is 1. The molecule has 0 aliphatic carbocycles. The Hall–Kier alpha value is -0.830. The van der Waals surface area contributed by atoms with E-state index < -0.39 is 0 Å². The molecular formula is C18H35IN4O2. The highest BCUT2D eigenvalue weighted by molar-refractivity contribution is 14.0. The van der Waals surface area contributed by atoms with Crippen LogP contribution in [0.15, 0.2) is 15.6 Å². The maximum atomic E-state index is 5.42. The van der Waals surface area contributed by atoms with Gasteiger partial charge in [-0.05, 0) is 39.5 Å². The number of rotatable bonds is 12. The van der Waals surface area contributed by atoms with Crippen LogP contribution in [0.3, 0.4) is 0 Å². The van der Waals surface area contributed by atoms with Crippen molar-refractivity contribution in [1.29, 1.82) is 0 Å². The van der Waals surface area contributed by atoms with Gasteiger partial charge in [-0.3, -0.25) is 0 Å². The van der Waals surface area contributed by atoms with E-state index in [-0.39, 0.29) is 24.0 Å².